The van der Waals surface area contributed by atoms with Crippen LogP contribution in [0.5, 0.6) is 0 Å². The number of hydrogen-bond acceptors (Lipinski definition) is 8. The van der Waals surface area contributed by atoms with E-state index in [1.54, 1.807) is 13.8 Å². The molecule has 4 amide bonds. The monoisotopic (exact) mass is 651 g/mol. The minimum absolute atomic E-state index is 0.214. The molecule has 13 nitrogen and oxygen atoms in total. The molecule has 0 bridgehead atoms. The molecule has 2 aliphatic heterocycles. The van der Waals surface area contributed by atoms with Crippen molar-refractivity contribution < 1.29 is 37.5 Å². The number of aryl methyl sites for hydroxylation is 1. The van der Waals surface area contributed by atoms with Crippen LogP contribution >= 0.6 is 0 Å². The number of rotatable bonds is 15. The number of carbonyl (C=O) groups excluding carboxylic acids is 5. The van der Waals surface area contributed by atoms with Gasteiger partial charge < -0.3 is 25.6 Å². The fourth-order valence-electron chi connectivity index (χ4n) is 6.32. The van der Waals surface area contributed by atoms with Gasteiger partial charge in [-0.15, -0.1) is 5.10 Å². The van der Waals surface area contributed by atoms with Gasteiger partial charge in [-0.1, -0.05) is 57.1 Å². The molecule has 5 atom stereocenters. The molecule has 1 aliphatic carbocycles. The summed E-state index contributed by atoms with van der Waals surface area (Å²) >= 11 is 0. The average Bonchev–Trinajstić information content (AvgIpc) is 3.49. The Hall–Kier alpha value is -3.49. The van der Waals surface area contributed by atoms with Gasteiger partial charge in [0.1, 0.15) is 30.3 Å². The number of amides is 4. The van der Waals surface area contributed by atoms with Crippen LogP contribution in [0.15, 0.2) is 6.20 Å². The molecule has 3 fully saturated rings. The van der Waals surface area contributed by atoms with E-state index in [0.29, 0.717) is 25.0 Å². The van der Waals surface area contributed by atoms with Crippen LogP contribution in [0.1, 0.15) is 90.7 Å². The summed E-state index contributed by atoms with van der Waals surface area (Å²) in [5.41, 5.74) is -0.362. The number of ketones is 1. The molecule has 0 unspecified atom stereocenters. The van der Waals surface area contributed by atoms with Gasteiger partial charge in [-0.2, -0.15) is 0 Å². The Morgan fingerprint density at radius 1 is 1.09 bits per heavy atom. The van der Waals surface area contributed by atoms with Crippen molar-refractivity contribution in [2.45, 2.75) is 134 Å². The Kier molecular flexibility index (Phi) is 11.5. The van der Waals surface area contributed by atoms with E-state index in [9.17, 15) is 32.8 Å². The number of halogens is 2. The van der Waals surface area contributed by atoms with Crippen molar-refractivity contribution in [2.75, 3.05) is 13.2 Å². The third-order valence-electron chi connectivity index (χ3n) is 9.07. The van der Waals surface area contributed by atoms with E-state index >= 15 is 0 Å². The number of ether oxygens (including phenoxy) is 1. The van der Waals surface area contributed by atoms with Gasteiger partial charge >= 0.3 is 0 Å². The first kappa shape index (κ1) is 35.4. The predicted octanol–water partition coefficient (Wildman–Crippen LogP) is 1.82. The zero-order valence-electron chi connectivity index (χ0n) is 27.2. The maximum atomic E-state index is 14.7. The molecule has 2 saturated heterocycles. The molecule has 1 aromatic heterocycles. The van der Waals surface area contributed by atoms with Gasteiger partial charge in [0.25, 0.3) is 5.92 Å². The summed E-state index contributed by atoms with van der Waals surface area (Å²) in [5.74, 6) is -6.20. The van der Waals surface area contributed by atoms with Crippen LogP contribution in [-0.4, -0.2) is 98.1 Å². The van der Waals surface area contributed by atoms with Crippen molar-refractivity contribution in [2.24, 2.45) is 5.92 Å². The normalized spacial score (nSPS) is 24.5. The standard InChI is InChI=1S/C31H47F2N7O6/c1-5-6-12-22(27(43)36-23(26(42)30(4)18-46-30)13-21-10-8-7-9-11-21)35-28(44)24-14-31(32,33)17-40(24)29(45)20(3)34-25(41)16-39-15-19(2)37-38-39/h15,20-24H,5-14,16-18H2,1-4H3,(H,34,41)(H,35,44)(H,36,43)/t20-,22-,23-,24-,30+/m0/s1. The molecule has 0 aromatic carbocycles. The van der Waals surface area contributed by atoms with Crippen molar-refractivity contribution in [1.29, 1.82) is 0 Å². The second kappa shape index (κ2) is 14.9. The topological polar surface area (TPSA) is 168 Å². The van der Waals surface area contributed by atoms with Gasteiger partial charge in [-0.05, 0) is 39.5 Å². The number of nitrogens with one attached hydrogen (secondary N) is 3. The third-order valence-corrected chi connectivity index (χ3v) is 9.07. The number of nitrogens with zero attached hydrogens (tertiary/aromatic N) is 4. The molecule has 15 heteroatoms. The van der Waals surface area contributed by atoms with E-state index in [-0.39, 0.29) is 31.3 Å². The lowest BCUT2D eigenvalue weighted by atomic mass is 9.82. The number of epoxide rings is 1. The summed E-state index contributed by atoms with van der Waals surface area (Å²) in [6.07, 6.45) is 7.75. The van der Waals surface area contributed by atoms with Gasteiger partial charge in [0, 0.05) is 12.6 Å². The first-order chi connectivity index (χ1) is 21.7. The largest absolute Gasteiger partial charge is 0.361 e. The Morgan fingerprint density at radius 2 is 1.78 bits per heavy atom. The molecule has 3 N–H and O–H groups in total. The predicted molar refractivity (Wildman–Crippen MR) is 161 cm³/mol. The summed E-state index contributed by atoms with van der Waals surface area (Å²) in [5, 5.41) is 15.5. The lowest BCUT2D eigenvalue weighted by Crippen LogP contribution is -2.57. The fourth-order valence-corrected chi connectivity index (χ4v) is 6.32. The Balaban J connectivity index is 1.43. The summed E-state index contributed by atoms with van der Waals surface area (Å²) < 4.78 is 36.0. The Morgan fingerprint density at radius 3 is 2.39 bits per heavy atom. The summed E-state index contributed by atoms with van der Waals surface area (Å²) in [6.45, 7) is 5.69. The molecule has 1 saturated carbocycles. The Bertz CT molecular complexity index is 1280. The van der Waals surface area contributed by atoms with Crippen LogP contribution < -0.4 is 16.0 Å². The highest BCUT2D eigenvalue weighted by Crippen LogP contribution is 2.34. The second-order valence-corrected chi connectivity index (χ2v) is 13.3. The lowest BCUT2D eigenvalue weighted by molar-refractivity contribution is -0.142. The third kappa shape index (κ3) is 9.29. The molecular weight excluding hydrogens is 604 g/mol. The number of unbranched alkanes of at least 4 members (excludes halogenated alkanes) is 1. The van der Waals surface area contributed by atoms with Gasteiger partial charge in [-0.3, -0.25) is 24.0 Å². The fraction of sp³-hybridized carbons (Fsp3) is 0.774. The first-order valence-electron chi connectivity index (χ1n) is 16.3. The van der Waals surface area contributed by atoms with Crippen LogP contribution in [0.3, 0.4) is 0 Å². The molecular formula is C31H47F2N7O6. The second-order valence-electron chi connectivity index (χ2n) is 13.3. The van der Waals surface area contributed by atoms with E-state index in [0.717, 1.165) is 37.0 Å². The van der Waals surface area contributed by atoms with Crippen molar-refractivity contribution in [1.82, 2.24) is 35.8 Å². The van der Waals surface area contributed by atoms with E-state index in [2.05, 4.69) is 26.3 Å². The number of Topliss-reactive ketones (excluding diaryl/α,β-unsaturated/α-hetero) is 1. The molecule has 256 valence electrons. The van der Waals surface area contributed by atoms with Gasteiger partial charge in [0.15, 0.2) is 5.78 Å². The van der Waals surface area contributed by atoms with Crippen LogP contribution in [0.2, 0.25) is 0 Å². The number of alkyl halides is 2. The smallest absolute Gasteiger partial charge is 0.267 e. The molecule has 3 heterocycles. The van der Waals surface area contributed by atoms with Crippen LogP contribution in [-0.2, 0) is 35.3 Å². The minimum Gasteiger partial charge on any atom is -0.361 e. The summed E-state index contributed by atoms with van der Waals surface area (Å²) in [6, 6.07) is -4.67. The molecule has 3 aliphatic rings. The average molecular weight is 652 g/mol. The maximum Gasteiger partial charge on any atom is 0.267 e. The van der Waals surface area contributed by atoms with Gasteiger partial charge in [-0.25, -0.2) is 13.5 Å². The van der Waals surface area contributed by atoms with E-state index in [1.165, 1.54) is 17.8 Å². The summed E-state index contributed by atoms with van der Waals surface area (Å²) in [7, 11) is 0. The highest BCUT2D eigenvalue weighted by atomic mass is 19.3. The number of likely N-dealkylation sites (tertiary alicyclic amines) is 1. The lowest BCUT2D eigenvalue weighted by Gasteiger charge is -2.30. The molecule has 4 rings (SSSR count). The number of carbonyl (C=O) groups is 5. The van der Waals surface area contributed by atoms with Crippen LogP contribution in [0.4, 0.5) is 8.78 Å². The molecule has 1 aromatic rings. The van der Waals surface area contributed by atoms with Gasteiger partial charge in [0.05, 0.1) is 24.9 Å². The van der Waals surface area contributed by atoms with Crippen molar-refractivity contribution in [3.8, 4) is 0 Å². The maximum absolute atomic E-state index is 14.7. The van der Waals surface area contributed by atoms with Crippen molar-refractivity contribution in [3.63, 3.8) is 0 Å². The molecule has 0 radical (unpaired) electrons. The van der Waals surface area contributed by atoms with Crippen molar-refractivity contribution in [3.05, 3.63) is 11.9 Å². The zero-order chi connectivity index (χ0) is 33.6. The van der Waals surface area contributed by atoms with E-state index in [4.69, 9.17) is 4.74 Å². The van der Waals surface area contributed by atoms with E-state index < -0.39 is 72.3 Å². The van der Waals surface area contributed by atoms with Crippen molar-refractivity contribution >= 4 is 29.4 Å². The highest BCUT2D eigenvalue weighted by molar-refractivity contribution is 5.98. The van der Waals surface area contributed by atoms with Gasteiger partial charge in [0.2, 0.25) is 23.6 Å². The minimum atomic E-state index is -3.35. The zero-order valence-corrected chi connectivity index (χ0v) is 27.2. The van der Waals surface area contributed by atoms with Crippen LogP contribution in [0, 0.1) is 12.8 Å². The Labute approximate surface area is 267 Å². The summed E-state index contributed by atoms with van der Waals surface area (Å²) in [4.78, 5) is 67.0. The van der Waals surface area contributed by atoms with Crippen LogP contribution in [0.25, 0.3) is 0 Å². The van der Waals surface area contributed by atoms with E-state index in [1.807, 2.05) is 6.92 Å². The number of hydrogen-bond donors (Lipinski definition) is 3. The highest BCUT2D eigenvalue weighted by Gasteiger charge is 2.52. The SMILES string of the molecule is CCCC[C@H](NC(=O)[C@@H]1CC(F)(F)CN1C(=O)[C@H](C)NC(=O)Cn1cc(C)nn1)C(=O)N[C@@H](CC1CCCCC1)C(=O)[C@@]1(C)CO1. The number of aromatic nitrogens is 3. The molecule has 0 spiro atoms. The molecule has 46 heavy (non-hydrogen) atoms. The quantitative estimate of drug-likeness (QED) is 0.242. The first-order valence-corrected chi connectivity index (χ1v) is 16.3.